The van der Waals surface area contributed by atoms with Gasteiger partial charge in [-0.1, -0.05) is 26.0 Å². The van der Waals surface area contributed by atoms with E-state index in [2.05, 4.69) is 48.1 Å². The topological polar surface area (TPSA) is 59.6 Å². The van der Waals surface area contributed by atoms with Gasteiger partial charge in [-0.15, -0.1) is 11.3 Å². The largest absolute Gasteiger partial charge is 0.490 e. The van der Waals surface area contributed by atoms with Crippen molar-refractivity contribution in [2.45, 2.75) is 32.1 Å². The van der Waals surface area contributed by atoms with Crippen LogP contribution in [-0.4, -0.2) is 38.0 Å². The quantitative estimate of drug-likeness (QED) is 0.548. The van der Waals surface area contributed by atoms with Crippen LogP contribution >= 0.6 is 23.1 Å². The minimum Gasteiger partial charge on any atom is -0.490 e. The van der Waals surface area contributed by atoms with Crippen molar-refractivity contribution < 1.29 is 14.3 Å². The molecule has 0 fully saturated rings. The van der Waals surface area contributed by atoms with Crippen LogP contribution in [0, 0.1) is 5.92 Å². The van der Waals surface area contributed by atoms with Gasteiger partial charge in [0.1, 0.15) is 0 Å². The fourth-order valence-corrected chi connectivity index (χ4v) is 4.91. The molecule has 7 heteroatoms. The van der Waals surface area contributed by atoms with Crippen LogP contribution in [0.3, 0.4) is 0 Å². The highest BCUT2D eigenvalue weighted by molar-refractivity contribution is 7.98. The van der Waals surface area contributed by atoms with Gasteiger partial charge in [0.15, 0.2) is 11.5 Å². The van der Waals surface area contributed by atoms with Gasteiger partial charge in [-0.3, -0.25) is 4.79 Å². The van der Waals surface area contributed by atoms with Crippen molar-refractivity contribution in [3.05, 3.63) is 46.2 Å². The number of rotatable bonds is 10. The molecule has 2 heterocycles. The average molecular weight is 435 g/mol. The maximum absolute atomic E-state index is 12.2. The number of hydrogen-bond acceptors (Lipinski definition) is 6. The van der Waals surface area contributed by atoms with E-state index in [4.69, 9.17) is 9.47 Å². The maximum Gasteiger partial charge on any atom is 0.234 e. The van der Waals surface area contributed by atoms with E-state index in [-0.39, 0.29) is 11.9 Å². The van der Waals surface area contributed by atoms with Crippen LogP contribution in [0.1, 0.15) is 36.8 Å². The highest BCUT2D eigenvalue weighted by Crippen LogP contribution is 2.34. The SMILES string of the molecule is CC(C)[C@H](NCC(=O)NCCSCc1cccs1)c1ccc2c(c1)OCCCO2. The lowest BCUT2D eigenvalue weighted by Crippen LogP contribution is -2.38. The van der Waals surface area contributed by atoms with Gasteiger partial charge in [0, 0.05) is 35.4 Å². The smallest absolute Gasteiger partial charge is 0.234 e. The van der Waals surface area contributed by atoms with E-state index < -0.39 is 0 Å². The average Bonchev–Trinajstić information content (AvgIpc) is 3.11. The van der Waals surface area contributed by atoms with E-state index in [0.29, 0.717) is 32.2 Å². The molecule has 1 aliphatic rings. The standard InChI is InChI=1S/C22H30N2O3S2/c1-16(2)22(17-6-7-19-20(13-17)27-10-4-9-26-19)24-14-21(25)23-8-12-28-15-18-5-3-11-29-18/h3,5-7,11,13,16,22,24H,4,8-10,12,14-15H2,1-2H3,(H,23,25)/t22-/m0/s1. The molecule has 1 amide bonds. The van der Waals surface area contributed by atoms with E-state index in [1.165, 1.54) is 4.88 Å². The first kappa shape index (κ1) is 22.0. The summed E-state index contributed by atoms with van der Waals surface area (Å²) < 4.78 is 11.5. The van der Waals surface area contributed by atoms with Crippen LogP contribution in [0.25, 0.3) is 0 Å². The highest BCUT2D eigenvalue weighted by atomic mass is 32.2. The molecule has 0 aliphatic carbocycles. The molecule has 2 N–H and O–H groups in total. The summed E-state index contributed by atoms with van der Waals surface area (Å²) in [5.74, 6) is 3.88. The summed E-state index contributed by atoms with van der Waals surface area (Å²) >= 11 is 3.62. The Labute approximate surface area is 181 Å². The van der Waals surface area contributed by atoms with E-state index >= 15 is 0 Å². The van der Waals surface area contributed by atoms with Crippen molar-refractivity contribution in [1.29, 1.82) is 0 Å². The Morgan fingerprint density at radius 2 is 2.03 bits per heavy atom. The lowest BCUT2D eigenvalue weighted by molar-refractivity contribution is -0.120. The van der Waals surface area contributed by atoms with Crippen molar-refractivity contribution in [3.8, 4) is 11.5 Å². The van der Waals surface area contributed by atoms with Crippen molar-refractivity contribution in [2.75, 3.05) is 32.1 Å². The van der Waals surface area contributed by atoms with E-state index in [1.54, 1.807) is 11.3 Å². The van der Waals surface area contributed by atoms with Crippen molar-refractivity contribution in [2.24, 2.45) is 5.92 Å². The molecule has 0 unspecified atom stereocenters. The Morgan fingerprint density at radius 1 is 1.21 bits per heavy atom. The van der Waals surface area contributed by atoms with Gasteiger partial charge in [-0.05, 0) is 35.1 Å². The van der Waals surface area contributed by atoms with Gasteiger partial charge < -0.3 is 20.1 Å². The van der Waals surface area contributed by atoms with Crippen molar-refractivity contribution in [3.63, 3.8) is 0 Å². The van der Waals surface area contributed by atoms with Crippen LogP contribution in [0.15, 0.2) is 35.7 Å². The molecule has 0 spiro atoms. The monoisotopic (exact) mass is 434 g/mol. The van der Waals surface area contributed by atoms with Crippen LogP contribution in [0.2, 0.25) is 0 Å². The molecule has 1 aliphatic heterocycles. The zero-order valence-electron chi connectivity index (χ0n) is 17.1. The third-order valence-corrected chi connectivity index (χ3v) is 6.74. The highest BCUT2D eigenvalue weighted by Gasteiger charge is 2.19. The fraction of sp³-hybridized carbons (Fsp3) is 0.500. The predicted molar refractivity (Wildman–Crippen MR) is 121 cm³/mol. The number of ether oxygens (including phenoxy) is 2. The third-order valence-electron chi connectivity index (χ3n) is 4.67. The fourth-order valence-electron chi connectivity index (χ4n) is 3.21. The van der Waals surface area contributed by atoms with Gasteiger partial charge in [-0.25, -0.2) is 0 Å². The first-order valence-electron chi connectivity index (χ1n) is 10.1. The summed E-state index contributed by atoms with van der Waals surface area (Å²) in [6.07, 6.45) is 0.891. The summed E-state index contributed by atoms with van der Waals surface area (Å²) in [6.45, 7) is 6.65. The number of carbonyl (C=O) groups excluding carboxylic acids is 1. The van der Waals surface area contributed by atoms with E-state index in [0.717, 1.165) is 35.0 Å². The molecule has 158 valence electrons. The summed E-state index contributed by atoms with van der Waals surface area (Å²) in [6, 6.07) is 10.4. The second-order valence-electron chi connectivity index (χ2n) is 7.34. The van der Waals surface area contributed by atoms with Gasteiger partial charge in [0.2, 0.25) is 5.91 Å². The summed E-state index contributed by atoms with van der Waals surface area (Å²) in [5, 5.41) is 8.51. The summed E-state index contributed by atoms with van der Waals surface area (Å²) in [7, 11) is 0. The van der Waals surface area contributed by atoms with Gasteiger partial charge in [-0.2, -0.15) is 11.8 Å². The number of nitrogens with one attached hydrogen (secondary N) is 2. The number of thiophene rings is 1. The first-order valence-corrected chi connectivity index (χ1v) is 12.2. The molecule has 5 nitrogen and oxygen atoms in total. The second kappa shape index (κ2) is 11.5. The number of hydrogen-bond donors (Lipinski definition) is 2. The summed E-state index contributed by atoms with van der Waals surface area (Å²) in [5.41, 5.74) is 1.11. The number of carbonyl (C=O) groups is 1. The third kappa shape index (κ3) is 6.94. The van der Waals surface area contributed by atoms with Crippen LogP contribution < -0.4 is 20.1 Å². The molecule has 1 aromatic heterocycles. The molecule has 0 radical (unpaired) electrons. The Morgan fingerprint density at radius 3 is 2.79 bits per heavy atom. The molecule has 0 saturated carbocycles. The zero-order chi connectivity index (χ0) is 20.5. The molecule has 3 rings (SSSR count). The van der Waals surface area contributed by atoms with Gasteiger partial charge in [0.25, 0.3) is 0 Å². The Balaban J connectivity index is 1.44. The van der Waals surface area contributed by atoms with Crippen LogP contribution in [0.5, 0.6) is 11.5 Å². The second-order valence-corrected chi connectivity index (χ2v) is 9.48. The molecule has 1 aromatic carbocycles. The number of thioether (sulfide) groups is 1. The number of benzene rings is 1. The Bertz CT molecular complexity index is 765. The molecular formula is C22H30N2O3S2. The molecule has 0 bridgehead atoms. The summed E-state index contributed by atoms with van der Waals surface area (Å²) in [4.78, 5) is 13.6. The zero-order valence-corrected chi connectivity index (χ0v) is 18.7. The Hall–Kier alpha value is -1.70. The molecule has 0 saturated heterocycles. The van der Waals surface area contributed by atoms with Crippen molar-refractivity contribution >= 4 is 29.0 Å². The number of fused-ring (bicyclic) bond motifs is 1. The predicted octanol–water partition coefficient (Wildman–Crippen LogP) is 4.25. The molecule has 2 aromatic rings. The lowest BCUT2D eigenvalue weighted by Gasteiger charge is -2.23. The van der Waals surface area contributed by atoms with Gasteiger partial charge >= 0.3 is 0 Å². The number of amides is 1. The van der Waals surface area contributed by atoms with E-state index in [1.807, 2.05) is 23.9 Å². The minimum absolute atomic E-state index is 0.0294. The van der Waals surface area contributed by atoms with Crippen molar-refractivity contribution in [1.82, 2.24) is 10.6 Å². The van der Waals surface area contributed by atoms with Gasteiger partial charge in [0.05, 0.1) is 19.8 Å². The lowest BCUT2D eigenvalue weighted by atomic mass is 9.95. The minimum atomic E-state index is 0.0294. The first-order chi connectivity index (χ1) is 14.1. The maximum atomic E-state index is 12.2. The molecule has 29 heavy (non-hydrogen) atoms. The molecule has 1 atom stereocenters. The molecular weight excluding hydrogens is 404 g/mol. The Kier molecular flexibility index (Phi) is 8.70. The van der Waals surface area contributed by atoms with Crippen LogP contribution in [-0.2, 0) is 10.5 Å². The normalized spacial score (nSPS) is 14.4. The van der Waals surface area contributed by atoms with E-state index in [9.17, 15) is 4.79 Å². The van der Waals surface area contributed by atoms with Crippen LogP contribution in [0.4, 0.5) is 0 Å².